The van der Waals surface area contributed by atoms with Gasteiger partial charge in [0.15, 0.2) is 5.84 Å². The van der Waals surface area contributed by atoms with Crippen LogP contribution < -0.4 is 27.1 Å². The Morgan fingerprint density at radius 3 is 2.72 bits per heavy atom. The van der Waals surface area contributed by atoms with Gasteiger partial charge in [0.25, 0.3) is 0 Å². The van der Waals surface area contributed by atoms with Gasteiger partial charge < -0.3 is 21.2 Å². The van der Waals surface area contributed by atoms with Crippen LogP contribution in [0.4, 0.5) is 5.82 Å². The van der Waals surface area contributed by atoms with E-state index in [4.69, 9.17) is 48.7 Å². The van der Waals surface area contributed by atoms with Crippen LogP contribution in [-0.2, 0) is 19.4 Å². The van der Waals surface area contributed by atoms with Crippen molar-refractivity contribution < 1.29 is 4.74 Å². The molecule has 4 rings (SSSR count). The number of halogens is 1. The zero-order valence-corrected chi connectivity index (χ0v) is 23.9. The van der Waals surface area contributed by atoms with Gasteiger partial charge in [-0.3, -0.25) is 14.9 Å². The van der Waals surface area contributed by atoms with E-state index in [0.717, 1.165) is 49.3 Å². The molecule has 2 aliphatic rings. The third-order valence-electron chi connectivity index (χ3n) is 7.21. The fourth-order valence-corrected chi connectivity index (χ4v) is 5.49. The van der Waals surface area contributed by atoms with Crippen molar-refractivity contribution in [3.8, 4) is 6.01 Å². The SMILES string of the molecule is CCCc1ccccc1C1Cc2nc(OC)nc(N3CCCN=C(/C(Cl)=C(N)/C(=N/N)N(C)N)C3)c2CN1C. The number of hydrazone groups is 1. The number of aromatic nitrogens is 2. The fourth-order valence-electron chi connectivity index (χ4n) is 5.29. The van der Waals surface area contributed by atoms with Crippen LogP contribution >= 0.6 is 11.6 Å². The summed E-state index contributed by atoms with van der Waals surface area (Å²) in [5.41, 5.74) is 11.9. The van der Waals surface area contributed by atoms with Gasteiger partial charge >= 0.3 is 6.01 Å². The molecular formula is C27H39ClN10O. The number of rotatable bonds is 7. The average molecular weight is 555 g/mol. The van der Waals surface area contributed by atoms with Crippen LogP contribution in [0.3, 0.4) is 0 Å². The van der Waals surface area contributed by atoms with Crippen LogP contribution in [0.2, 0.25) is 0 Å². The minimum absolute atomic E-state index is 0.167. The zero-order chi connectivity index (χ0) is 28.1. The van der Waals surface area contributed by atoms with Crippen molar-refractivity contribution in [3.63, 3.8) is 0 Å². The molecule has 0 saturated heterocycles. The number of fused-ring (bicyclic) bond motifs is 1. The number of amidine groups is 1. The molecule has 1 atom stereocenters. The summed E-state index contributed by atoms with van der Waals surface area (Å²) in [4.78, 5) is 18.9. The number of hydrazine groups is 1. The average Bonchev–Trinajstić information content (AvgIpc) is 3.19. The number of hydrogen-bond donors (Lipinski definition) is 3. The third-order valence-corrected chi connectivity index (χ3v) is 7.63. The standard InChI is InChI=1S/C27H39ClN10O/c1-5-9-17-10-6-7-11-18(17)22-14-20-19(15-36(22)2)25(34-27(33-20)39-4)38-13-8-12-32-21(16-38)23(28)24(29)26(35-30)37(3)31/h6-7,10-11,22H,5,8-9,12-16,29-31H2,1-4H3/b24-23+,35-26-. The van der Waals surface area contributed by atoms with Gasteiger partial charge in [0.2, 0.25) is 0 Å². The molecule has 0 bridgehead atoms. The van der Waals surface area contributed by atoms with Gasteiger partial charge in [0, 0.05) is 44.7 Å². The van der Waals surface area contributed by atoms with Gasteiger partial charge in [-0.05, 0) is 31.0 Å². The van der Waals surface area contributed by atoms with Crippen LogP contribution in [0.5, 0.6) is 6.01 Å². The molecule has 2 aromatic rings. The Kier molecular flexibility index (Phi) is 9.26. The Hall–Kier alpha value is -3.41. The van der Waals surface area contributed by atoms with E-state index in [2.05, 4.69) is 53.1 Å². The smallest absolute Gasteiger partial charge is 0.318 e. The fraction of sp³-hybridized carbons (Fsp3) is 0.481. The second-order valence-electron chi connectivity index (χ2n) is 9.94. The Labute approximate surface area is 235 Å². The van der Waals surface area contributed by atoms with Crippen LogP contribution in [0.25, 0.3) is 0 Å². The molecule has 0 fully saturated rings. The molecule has 1 unspecified atom stereocenters. The lowest BCUT2D eigenvalue weighted by atomic mass is 9.89. The highest BCUT2D eigenvalue weighted by Crippen LogP contribution is 2.37. The van der Waals surface area contributed by atoms with E-state index in [0.29, 0.717) is 31.4 Å². The Morgan fingerprint density at radius 2 is 2.03 bits per heavy atom. The molecule has 0 saturated carbocycles. The molecule has 3 heterocycles. The molecule has 1 aromatic carbocycles. The molecule has 0 amide bonds. The molecule has 0 radical (unpaired) electrons. The lowest BCUT2D eigenvalue weighted by molar-refractivity contribution is 0.212. The number of anilines is 1. The summed E-state index contributed by atoms with van der Waals surface area (Å²) < 4.78 is 5.56. The highest BCUT2D eigenvalue weighted by Gasteiger charge is 2.32. The number of ether oxygens (including phenoxy) is 1. The lowest BCUT2D eigenvalue weighted by Gasteiger charge is -2.37. The molecule has 11 nitrogen and oxygen atoms in total. The summed E-state index contributed by atoms with van der Waals surface area (Å²) in [6.45, 7) is 4.67. The van der Waals surface area contributed by atoms with E-state index in [9.17, 15) is 0 Å². The van der Waals surface area contributed by atoms with Crippen molar-refractivity contribution in [2.24, 2.45) is 27.5 Å². The van der Waals surface area contributed by atoms with E-state index in [1.165, 1.54) is 16.1 Å². The van der Waals surface area contributed by atoms with E-state index in [-0.39, 0.29) is 22.6 Å². The van der Waals surface area contributed by atoms with Crippen molar-refractivity contribution >= 4 is 29.0 Å². The summed E-state index contributed by atoms with van der Waals surface area (Å²) in [7, 11) is 5.35. The quantitative estimate of drug-likeness (QED) is 0.203. The number of likely N-dealkylation sites (N-methyl/N-ethyl adjacent to an activating group) is 2. The van der Waals surface area contributed by atoms with Crippen LogP contribution in [-0.4, -0.2) is 72.3 Å². The Bertz CT molecular complexity index is 1280. The number of hydrogen-bond acceptors (Lipinski definition) is 10. The largest absolute Gasteiger partial charge is 0.467 e. The molecule has 0 spiro atoms. The van der Waals surface area contributed by atoms with Crippen LogP contribution in [0.15, 0.2) is 45.1 Å². The van der Waals surface area contributed by atoms with Crippen LogP contribution in [0, 0.1) is 0 Å². The second kappa shape index (κ2) is 12.6. The topological polar surface area (TPSA) is 148 Å². The molecule has 39 heavy (non-hydrogen) atoms. The second-order valence-corrected chi connectivity index (χ2v) is 10.3. The van der Waals surface area contributed by atoms with Gasteiger partial charge in [0.1, 0.15) is 5.82 Å². The first-order valence-electron chi connectivity index (χ1n) is 13.2. The van der Waals surface area contributed by atoms with Crippen molar-refractivity contribution in [1.82, 2.24) is 19.9 Å². The highest BCUT2D eigenvalue weighted by molar-refractivity contribution is 6.46. The zero-order valence-electron chi connectivity index (χ0n) is 23.2. The monoisotopic (exact) mass is 554 g/mol. The summed E-state index contributed by atoms with van der Waals surface area (Å²) in [6.07, 6.45) is 3.74. The summed E-state index contributed by atoms with van der Waals surface area (Å²) in [6, 6.07) is 9.28. The molecule has 210 valence electrons. The lowest BCUT2D eigenvalue weighted by Crippen LogP contribution is -2.39. The molecule has 0 aliphatic carbocycles. The maximum atomic E-state index is 6.72. The van der Waals surface area contributed by atoms with Gasteiger partial charge in [-0.1, -0.05) is 49.2 Å². The van der Waals surface area contributed by atoms with Gasteiger partial charge in [-0.2, -0.15) is 15.1 Å². The first-order chi connectivity index (χ1) is 18.8. The van der Waals surface area contributed by atoms with E-state index < -0.39 is 0 Å². The van der Waals surface area contributed by atoms with Gasteiger partial charge in [-0.25, -0.2) is 5.84 Å². The summed E-state index contributed by atoms with van der Waals surface area (Å²) in [5, 5.41) is 5.17. The Morgan fingerprint density at radius 1 is 1.26 bits per heavy atom. The van der Waals surface area contributed by atoms with E-state index in [1.54, 1.807) is 14.2 Å². The number of methoxy groups -OCH3 is 1. The number of nitrogens with two attached hydrogens (primary N) is 3. The predicted molar refractivity (Wildman–Crippen MR) is 157 cm³/mol. The summed E-state index contributed by atoms with van der Waals surface area (Å²) >= 11 is 6.72. The van der Waals surface area contributed by atoms with Crippen molar-refractivity contribution in [3.05, 3.63) is 57.4 Å². The van der Waals surface area contributed by atoms with E-state index in [1.807, 2.05) is 0 Å². The maximum absolute atomic E-state index is 6.72. The normalized spacial score (nSPS) is 19.1. The number of aryl methyl sites for hydroxylation is 1. The molecule has 2 aliphatic heterocycles. The molecule has 1 aromatic heterocycles. The van der Waals surface area contributed by atoms with E-state index >= 15 is 0 Å². The predicted octanol–water partition coefficient (Wildman–Crippen LogP) is 2.30. The first kappa shape index (κ1) is 28.6. The molecular weight excluding hydrogens is 516 g/mol. The Balaban J connectivity index is 1.71. The minimum atomic E-state index is 0.167. The van der Waals surface area contributed by atoms with Crippen LogP contribution in [0.1, 0.15) is 48.2 Å². The highest BCUT2D eigenvalue weighted by atomic mass is 35.5. The first-order valence-corrected chi connectivity index (χ1v) is 13.6. The van der Waals surface area contributed by atoms with Gasteiger partial charge in [-0.15, -0.1) is 0 Å². The number of benzene rings is 1. The van der Waals surface area contributed by atoms with Crippen molar-refractivity contribution in [2.75, 3.05) is 45.7 Å². The molecule has 6 N–H and O–H groups in total. The minimum Gasteiger partial charge on any atom is -0.467 e. The van der Waals surface area contributed by atoms with Gasteiger partial charge in [0.05, 0.1) is 35.8 Å². The number of nitrogens with zero attached hydrogens (tertiary/aromatic N) is 7. The third kappa shape index (κ3) is 6.10. The van der Waals surface area contributed by atoms with Crippen molar-refractivity contribution in [1.29, 1.82) is 0 Å². The van der Waals surface area contributed by atoms with Crippen molar-refractivity contribution in [2.45, 2.75) is 45.2 Å². The summed E-state index contributed by atoms with van der Waals surface area (Å²) in [5.74, 6) is 12.3. The molecule has 12 heteroatoms. The maximum Gasteiger partial charge on any atom is 0.318 e. The number of aliphatic imine (C=N–C) groups is 1.